The molecule has 2 aliphatic rings. The van der Waals surface area contributed by atoms with E-state index in [2.05, 4.69) is 77.2 Å². The number of imide groups is 2. The van der Waals surface area contributed by atoms with Crippen molar-refractivity contribution in [1.29, 1.82) is 0 Å². The first-order chi connectivity index (χ1) is 21.3. The number of nitrogens with zero attached hydrogens (tertiary/aromatic N) is 2. The lowest BCUT2D eigenvalue weighted by atomic mass is 10.0. The summed E-state index contributed by atoms with van der Waals surface area (Å²) in [7, 11) is 2.11. The Balaban J connectivity index is 1.02. The van der Waals surface area contributed by atoms with Crippen molar-refractivity contribution < 1.29 is 24.0 Å². The number of amides is 5. The summed E-state index contributed by atoms with van der Waals surface area (Å²) in [6, 6.07) is 26.2. The van der Waals surface area contributed by atoms with Crippen molar-refractivity contribution in [2.24, 2.45) is 0 Å². The van der Waals surface area contributed by atoms with Crippen molar-refractivity contribution >= 4 is 40.3 Å². The summed E-state index contributed by atoms with van der Waals surface area (Å²) >= 11 is 0. The number of piperidine rings is 1. The van der Waals surface area contributed by atoms with Crippen LogP contribution >= 0.6 is 0 Å². The minimum atomic E-state index is -1.05. The van der Waals surface area contributed by atoms with Crippen LogP contribution in [0.2, 0.25) is 0 Å². The van der Waals surface area contributed by atoms with Crippen LogP contribution in [-0.4, -0.2) is 59.0 Å². The molecule has 44 heavy (non-hydrogen) atoms. The summed E-state index contributed by atoms with van der Waals surface area (Å²) in [6.07, 6.45) is 1.07. The third-order valence-corrected chi connectivity index (χ3v) is 8.27. The molecule has 1 fully saturated rings. The molecule has 1 unspecified atom stereocenters. The minimum absolute atomic E-state index is 0.0427. The lowest BCUT2D eigenvalue weighted by molar-refractivity contribution is -0.136. The molecule has 0 bridgehead atoms. The van der Waals surface area contributed by atoms with Gasteiger partial charge in [0.25, 0.3) is 17.7 Å². The summed E-state index contributed by atoms with van der Waals surface area (Å²) in [5, 5.41) is 7.60. The van der Waals surface area contributed by atoms with E-state index in [1.165, 1.54) is 40.1 Å². The van der Waals surface area contributed by atoms with Crippen LogP contribution in [0.1, 0.15) is 60.6 Å². The summed E-state index contributed by atoms with van der Waals surface area (Å²) in [6.45, 7) is 2.02. The second kappa shape index (κ2) is 12.2. The number of rotatable bonds is 9. The SMILES string of the molecule is CN(CCc1cccc2ccccc12)Cc1ccc(CNC(=O)c2ccc3c(c2)C(=O)N(C2CCC(=O)NC2=O)C3=O)cc1. The van der Waals surface area contributed by atoms with E-state index in [9.17, 15) is 24.0 Å². The molecule has 2 heterocycles. The predicted octanol–water partition coefficient (Wildman–Crippen LogP) is 3.85. The van der Waals surface area contributed by atoms with Crippen molar-refractivity contribution in [3.63, 3.8) is 0 Å². The number of benzene rings is 4. The largest absolute Gasteiger partial charge is 0.348 e. The Hall–Kier alpha value is -5.15. The highest BCUT2D eigenvalue weighted by Gasteiger charge is 2.44. The molecule has 0 aromatic heterocycles. The fourth-order valence-electron chi connectivity index (χ4n) is 5.87. The van der Waals surface area contributed by atoms with E-state index >= 15 is 0 Å². The Labute approximate surface area is 254 Å². The van der Waals surface area contributed by atoms with Crippen LogP contribution in [0.15, 0.2) is 84.9 Å². The highest BCUT2D eigenvalue weighted by Crippen LogP contribution is 2.28. The number of carbonyl (C=O) groups excluding carboxylic acids is 5. The first kappa shape index (κ1) is 28.9. The van der Waals surface area contributed by atoms with Gasteiger partial charge in [0.05, 0.1) is 11.1 Å². The number of likely N-dealkylation sites (N-methyl/N-ethyl adjacent to an activating group) is 1. The molecule has 0 saturated carbocycles. The Bertz CT molecular complexity index is 1790. The van der Waals surface area contributed by atoms with Gasteiger partial charge >= 0.3 is 0 Å². The van der Waals surface area contributed by atoms with E-state index in [-0.39, 0.29) is 35.4 Å². The molecular formula is C35H32N4O5. The zero-order chi connectivity index (χ0) is 30.8. The molecule has 5 amide bonds. The van der Waals surface area contributed by atoms with Crippen molar-refractivity contribution in [3.05, 3.63) is 118 Å². The Morgan fingerprint density at radius 3 is 2.41 bits per heavy atom. The van der Waals surface area contributed by atoms with Crippen molar-refractivity contribution in [1.82, 2.24) is 20.4 Å². The first-order valence-corrected chi connectivity index (χ1v) is 14.7. The van der Waals surface area contributed by atoms with Crippen molar-refractivity contribution in [2.45, 2.75) is 38.4 Å². The fourth-order valence-corrected chi connectivity index (χ4v) is 5.87. The maximum absolute atomic E-state index is 13.1. The molecule has 4 aromatic carbocycles. The third-order valence-electron chi connectivity index (χ3n) is 8.27. The molecule has 1 saturated heterocycles. The number of nitrogens with one attached hydrogen (secondary N) is 2. The van der Waals surface area contributed by atoms with Gasteiger partial charge in [0, 0.05) is 31.6 Å². The van der Waals surface area contributed by atoms with Gasteiger partial charge in [-0.15, -0.1) is 0 Å². The number of fused-ring (bicyclic) bond motifs is 2. The average molecular weight is 589 g/mol. The summed E-state index contributed by atoms with van der Waals surface area (Å²) in [5.74, 6) is -2.74. The zero-order valence-electron chi connectivity index (χ0n) is 24.3. The van der Waals surface area contributed by atoms with E-state index in [0.29, 0.717) is 6.54 Å². The lowest BCUT2D eigenvalue weighted by Gasteiger charge is -2.27. The second-order valence-corrected chi connectivity index (χ2v) is 11.3. The molecule has 9 heteroatoms. The Kier molecular flexibility index (Phi) is 8.04. The normalized spacial score (nSPS) is 16.4. The molecule has 0 spiro atoms. The summed E-state index contributed by atoms with van der Waals surface area (Å²) < 4.78 is 0. The predicted molar refractivity (Wildman–Crippen MR) is 165 cm³/mol. The zero-order valence-corrected chi connectivity index (χ0v) is 24.3. The van der Waals surface area contributed by atoms with Gasteiger partial charge in [-0.05, 0) is 65.6 Å². The smallest absolute Gasteiger partial charge is 0.262 e. The molecule has 4 aromatic rings. The van der Waals surface area contributed by atoms with Crippen molar-refractivity contribution in [2.75, 3.05) is 13.6 Å². The number of carbonyl (C=O) groups is 5. The van der Waals surface area contributed by atoms with Crippen LogP contribution in [0, 0.1) is 0 Å². The molecule has 9 nitrogen and oxygen atoms in total. The molecule has 222 valence electrons. The van der Waals surface area contributed by atoms with E-state index in [4.69, 9.17) is 0 Å². The maximum Gasteiger partial charge on any atom is 0.262 e. The van der Waals surface area contributed by atoms with Gasteiger partial charge in [0.1, 0.15) is 6.04 Å². The second-order valence-electron chi connectivity index (χ2n) is 11.3. The van der Waals surface area contributed by atoms with E-state index in [1.807, 2.05) is 12.1 Å². The highest BCUT2D eigenvalue weighted by molar-refractivity contribution is 6.24. The van der Waals surface area contributed by atoms with Crippen molar-refractivity contribution in [3.8, 4) is 0 Å². The van der Waals surface area contributed by atoms with E-state index < -0.39 is 29.7 Å². The number of hydrogen-bond donors (Lipinski definition) is 2. The first-order valence-electron chi connectivity index (χ1n) is 14.7. The molecule has 0 aliphatic carbocycles. The molecule has 1 atom stereocenters. The standard InChI is InChI=1S/C35H32N4O5/c1-38(18-17-25-7-4-6-24-5-2-3-8-27(24)25)21-23-11-9-22(10-12-23)20-36-32(41)26-13-14-28-29(19-26)35(44)39(34(28)43)30-15-16-31(40)37-33(30)42/h2-14,19,30H,15-18,20-21H2,1H3,(H,36,41)(H,37,40,42). The molecule has 2 aliphatic heterocycles. The van der Waals surface area contributed by atoms with Crippen LogP contribution in [0.3, 0.4) is 0 Å². The van der Waals surface area contributed by atoms with Crippen LogP contribution in [0.5, 0.6) is 0 Å². The van der Waals surface area contributed by atoms with Gasteiger partial charge in [-0.25, -0.2) is 0 Å². The third kappa shape index (κ3) is 5.87. The highest BCUT2D eigenvalue weighted by atomic mass is 16.2. The number of hydrogen-bond acceptors (Lipinski definition) is 6. The topological polar surface area (TPSA) is 116 Å². The summed E-state index contributed by atoms with van der Waals surface area (Å²) in [4.78, 5) is 65.9. The molecule has 2 N–H and O–H groups in total. The quantitative estimate of drug-likeness (QED) is 0.287. The molecular weight excluding hydrogens is 556 g/mol. The lowest BCUT2D eigenvalue weighted by Crippen LogP contribution is -2.54. The summed E-state index contributed by atoms with van der Waals surface area (Å²) in [5.41, 5.74) is 3.88. The average Bonchev–Trinajstić information content (AvgIpc) is 3.28. The van der Waals surface area contributed by atoms with E-state index in [1.54, 1.807) is 0 Å². The van der Waals surface area contributed by atoms with E-state index in [0.717, 1.165) is 30.0 Å². The Morgan fingerprint density at radius 1 is 0.886 bits per heavy atom. The van der Waals surface area contributed by atoms with Gasteiger partial charge < -0.3 is 10.2 Å². The maximum atomic E-state index is 13.1. The van der Waals surface area contributed by atoms with Gasteiger partial charge in [-0.2, -0.15) is 0 Å². The minimum Gasteiger partial charge on any atom is -0.348 e. The van der Waals surface area contributed by atoms with Crippen LogP contribution in [0.4, 0.5) is 0 Å². The molecule has 0 radical (unpaired) electrons. The fraction of sp³-hybridized carbons (Fsp3) is 0.229. The van der Waals surface area contributed by atoms with Crippen LogP contribution < -0.4 is 10.6 Å². The van der Waals surface area contributed by atoms with Crippen LogP contribution in [0.25, 0.3) is 10.8 Å². The van der Waals surface area contributed by atoms with Gasteiger partial charge in [-0.3, -0.25) is 34.2 Å². The Morgan fingerprint density at radius 2 is 1.61 bits per heavy atom. The monoisotopic (exact) mass is 588 g/mol. The van der Waals surface area contributed by atoms with Gasteiger partial charge in [0.2, 0.25) is 11.8 Å². The van der Waals surface area contributed by atoms with Gasteiger partial charge in [0.15, 0.2) is 0 Å². The van der Waals surface area contributed by atoms with Gasteiger partial charge in [-0.1, -0.05) is 66.7 Å². The molecule has 6 rings (SSSR count). The van der Waals surface area contributed by atoms with Crippen LogP contribution in [-0.2, 0) is 29.1 Å².